The zero-order valence-electron chi connectivity index (χ0n) is 14.5. The molecule has 0 saturated heterocycles. The Morgan fingerprint density at radius 3 is 2.48 bits per heavy atom. The van der Waals surface area contributed by atoms with Gasteiger partial charge in [0.05, 0.1) is 0 Å². The van der Waals surface area contributed by atoms with Crippen LogP contribution in [0, 0.1) is 5.92 Å². The van der Waals surface area contributed by atoms with E-state index in [9.17, 15) is 0 Å². The molecule has 0 amide bonds. The fourth-order valence-corrected chi connectivity index (χ4v) is 2.36. The van der Waals surface area contributed by atoms with E-state index in [0.717, 1.165) is 24.8 Å². The predicted molar refractivity (Wildman–Crippen MR) is 90.9 cm³/mol. The fraction of sp³-hybridized carbons (Fsp3) is 0.722. The average molecular weight is 289 g/mol. The minimum atomic E-state index is 0.0863. The van der Waals surface area contributed by atoms with Gasteiger partial charge in [-0.25, -0.2) is 4.98 Å². The molecule has 0 radical (unpaired) electrons. The van der Waals surface area contributed by atoms with Gasteiger partial charge in [0, 0.05) is 37.3 Å². The van der Waals surface area contributed by atoms with Crippen LogP contribution in [0.4, 0.5) is 5.82 Å². The third-order valence-corrected chi connectivity index (χ3v) is 3.97. The van der Waals surface area contributed by atoms with Crippen LogP contribution in [0.5, 0.6) is 0 Å². The van der Waals surface area contributed by atoms with E-state index in [0.29, 0.717) is 6.04 Å². The molecule has 0 bridgehead atoms. The van der Waals surface area contributed by atoms with E-state index in [2.05, 4.69) is 64.0 Å². The summed E-state index contributed by atoms with van der Waals surface area (Å²) in [6, 6.07) is 5.00. The van der Waals surface area contributed by atoms with Crippen molar-refractivity contribution >= 4 is 5.82 Å². The Morgan fingerprint density at radius 1 is 1.29 bits per heavy atom. The van der Waals surface area contributed by atoms with Gasteiger partial charge in [-0.05, 0) is 36.5 Å². The summed E-state index contributed by atoms with van der Waals surface area (Å²) in [5.74, 6) is 2.00. The van der Waals surface area contributed by atoms with Crippen LogP contribution in [-0.2, 0) is 12.0 Å². The number of hydrogen-bond donors (Lipinski definition) is 1. The van der Waals surface area contributed by atoms with Gasteiger partial charge in [0.2, 0.25) is 0 Å². The Hall–Kier alpha value is -1.09. The highest BCUT2D eigenvalue weighted by Crippen LogP contribution is 2.31. The third-order valence-electron chi connectivity index (χ3n) is 3.97. The molecule has 3 heteroatoms. The molecule has 1 aliphatic rings. The molecule has 0 spiro atoms. The molecule has 21 heavy (non-hydrogen) atoms. The summed E-state index contributed by atoms with van der Waals surface area (Å²) in [4.78, 5) is 7.24. The summed E-state index contributed by atoms with van der Waals surface area (Å²) >= 11 is 0. The maximum atomic E-state index is 4.91. The van der Waals surface area contributed by atoms with Crippen LogP contribution >= 0.6 is 0 Å². The maximum absolute atomic E-state index is 4.91. The number of hydrogen-bond acceptors (Lipinski definition) is 3. The van der Waals surface area contributed by atoms with Gasteiger partial charge in [0.1, 0.15) is 5.82 Å². The lowest BCUT2D eigenvalue weighted by Crippen LogP contribution is -2.25. The van der Waals surface area contributed by atoms with Crippen LogP contribution in [0.25, 0.3) is 0 Å². The summed E-state index contributed by atoms with van der Waals surface area (Å²) in [6.07, 6.45) is 2.76. The van der Waals surface area contributed by atoms with E-state index in [-0.39, 0.29) is 5.41 Å². The van der Waals surface area contributed by atoms with Gasteiger partial charge >= 0.3 is 0 Å². The van der Waals surface area contributed by atoms with Gasteiger partial charge in [-0.15, -0.1) is 0 Å². The van der Waals surface area contributed by atoms with Crippen molar-refractivity contribution in [3.63, 3.8) is 0 Å². The molecule has 0 aliphatic heterocycles. The average Bonchev–Trinajstić information content (AvgIpc) is 3.19. The van der Waals surface area contributed by atoms with Crippen molar-refractivity contribution < 1.29 is 0 Å². The Labute approximate surface area is 130 Å². The molecule has 1 aromatic heterocycles. The molecule has 1 fully saturated rings. The van der Waals surface area contributed by atoms with Gasteiger partial charge in [0.15, 0.2) is 0 Å². The lowest BCUT2D eigenvalue weighted by Gasteiger charge is -2.24. The Kier molecular flexibility index (Phi) is 4.92. The third kappa shape index (κ3) is 4.99. The van der Waals surface area contributed by atoms with E-state index in [1.807, 2.05) is 0 Å². The number of rotatable bonds is 6. The molecular weight excluding hydrogens is 258 g/mol. The lowest BCUT2D eigenvalue weighted by atomic mass is 9.90. The van der Waals surface area contributed by atoms with Crippen LogP contribution in [0.3, 0.4) is 0 Å². The van der Waals surface area contributed by atoms with E-state index in [4.69, 9.17) is 4.98 Å². The second-order valence-electron chi connectivity index (χ2n) is 7.83. The molecule has 1 heterocycles. The molecule has 2 rings (SSSR count). The predicted octanol–water partition coefficient (Wildman–Crippen LogP) is 3.72. The second kappa shape index (κ2) is 6.35. The molecule has 3 nitrogen and oxygen atoms in total. The van der Waals surface area contributed by atoms with Gasteiger partial charge in [-0.3, -0.25) is 0 Å². The maximum Gasteiger partial charge on any atom is 0.128 e. The van der Waals surface area contributed by atoms with Crippen LogP contribution in [-0.4, -0.2) is 24.6 Å². The number of aromatic nitrogens is 1. The summed E-state index contributed by atoms with van der Waals surface area (Å²) < 4.78 is 0. The second-order valence-corrected chi connectivity index (χ2v) is 7.83. The Morgan fingerprint density at radius 2 is 1.95 bits per heavy atom. The quantitative estimate of drug-likeness (QED) is 0.865. The van der Waals surface area contributed by atoms with Gasteiger partial charge < -0.3 is 10.2 Å². The summed E-state index contributed by atoms with van der Waals surface area (Å²) in [6.45, 7) is 13.1. The van der Waals surface area contributed by atoms with Crippen molar-refractivity contribution in [3.8, 4) is 0 Å². The largest absolute Gasteiger partial charge is 0.359 e. The summed E-state index contributed by atoms with van der Waals surface area (Å²) in [7, 11) is 2.17. The molecule has 118 valence electrons. The van der Waals surface area contributed by atoms with Crippen molar-refractivity contribution in [1.82, 2.24) is 10.3 Å². The van der Waals surface area contributed by atoms with E-state index < -0.39 is 0 Å². The van der Waals surface area contributed by atoms with Crippen molar-refractivity contribution in [3.05, 3.63) is 23.4 Å². The first-order valence-electron chi connectivity index (χ1n) is 8.21. The van der Waals surface area contributed by atoms with Crippen molar-refractivity contribution in [1.29, 1.82) is 0 Å². The smallest absolute Gasteiger partial charge is 0.128 e. The van der Waals surface area contributed by atoms with E-state index in [1.54, 1.807) is 0 Å². The molecule has 0 unspecified atom stereocenters. The molecule has 0 atom stereocenters. The number of nitrogens with zero attached hydrogens (tertiary/aromatic N) is 2. The van der Waals surface area contributed by atoms with Crippen LogP contribution in [0.15, 0.2) is 12.1 Å². The fourth-order valence-electron chi connectivity index (χ4n) is 2.36. The molecule has 1 aromatic rings. The Bertz CT molecular complexity index is 470. The number of anilines is 1. The van der Waals surface area contributed by atoms with Crippen LogP contribution in [0.1, 0.15) is 58.7 Å². The van der Waals surface area contributed by atoms with E-state index >= 15 is 0 Å². The SMILES string of the molecule is CC(C)NCc1cc(N(C)CC2CC2)nc(C(C)(C)C)c1. The van der Waals surface area contributed by atoms with Gasteiger partial charge in [-0.1, -0.05) is 34.6 Å². The van der Waals surface area contributed by atoms with Gasteiger partial charge in [0.25, 0.3) is 0 Å². The highest BCUT2D eigenvalue weighted by atomic mass is 15.2. The van der Waals surface area contributed by atoms with Crippen LogP contribution in [0.2, 0.25) is 0 Å². The normalized spacial score (nSPS) is 15.6. The molecular formula is C18H31N3. The molecule has 1 N–H and O–H groups in total. The summed E-state index contributed by atoms with van der Waals surface area (Å²) in [5.41, 5.74) is 2.60. The highest BCUT2D eigenvalue weighted by molar-refractivity contribution is 5.43. The summed E-state index contributed by atoms with van der Waals surface area (Å²) in [5, 5.41) is 3.51. The standard InChI is InChI=1S/C18H31N3/c1-13(2)19-11-15-9-16(18(3,4)5)20-17(10-15)21(6)12-14-7-8-14/h9-10,13-14,19H,7-8,11-12H2,1-6H3. The first-order valence-corrected chi connectivity index (χ1v) is 8.21. The molecule has 1 saturated carbocycles. The topological polar surface area (TPSA) is 28.2 Å². The minimum absolute atomic E-state index is 0.0863. The van der Waals surface area contributed by atoms with Gasteiger partial charge in [-0.2, -0.15) is 0 Å². The van der Waals surface area contributed by atoms with Crippen LogP contribution < -0.4 is 10.2 Å². The Balaban J connectivity index is 2.22. The minimum Gasteiger partial charge on any atom is -0.359 e. The lowest BCUT2D eigenvalue weighted by molar-refractivity contribution is 0.560. The molecule has 0 aromatic carbocycles. The zero-order valence-corrected chi connectivity index (χ0v) is 14.5. The molecule has 1 aliphatic carbocycles. The highest BCUT2D eigenvalue weighted by Gasteiger charge is 2.24. The van der Waals surface area contributed by atoms with Crippen molar-refractivity contribution in [2.24, 2.45) is 5.92 Å². The first kappa shape index (κ1) is 16.3. The number of pyridine rings is 1. The zero-order chi connectivity index (χ0) is 15.6. The van der Waals surface area contributed by atoms with E-state index in [1.165, 1.54) is 24.1 Å². The number of nitrogens with one attached hydrogen (secondary N) is 1. The van der Waals surface area contributed by atoms with Crippen molar-refractivity contribution in [2.75, 3.05) is 18.5 Å². The first-order chi connectivity index (χ1) is 9.75. The monoisotopic (exact) mass is 289 g/mol. The van der Waals surface area contributed by atoms with Crippen molar-refractivity contribution in [2.45, 2.75) is 65.5 Å².